The Kier molecular flexibility index (Phi) is 5.58. The number of esters is 1. The zero-order valence-corrected chi connectivity index (χ0v) is 13.1. The number of rotatable bonds is 6. The van der Waals surface area contributed by atoms with Crippen molar-refractivity contribution in [1.29, 1.82) is 5.26 Å². The first-order chi connectivity index (χ1) is 11.1. The molecular weight excluding hydrogens is 296 g/mol. The molecule has 1 N–H and O–H groups in total. The minimum absolute atomic E-state index is 0.276. The normalized spacial score (nSPS) is 15.5. The summed E-state index contributed by atoms with van der Waals surface area (Å²) in [5.74, 6) is -0.665. The van der Waals surface area contributed by atoms with Crippen molar-refractivity contribution in [2.75, 3.05) is 13.2 Å². The van der Waals surface area contributed by atoms with E-state index in [1.807, 2.05) is 6.92 Å². The number of carbonyl (C=O) groups excluding carboxylic acids is 2. The Bertz CT molecular complexity index is 615. The van der Waals surface area contributed by atoms with Gasteiger partial charge in [0.25, 0.3) is 5.91 Å². The molecule has 0 radical (unpaired) electrons. The second kappa shape index (κ2) is 7.63. The number of nitriles is 1. The van der Waals surface area contributed by atoms with E-state index in [2.05, 4.69) is 11.4 Å². The third-order valence-corrected chi connectivity index (χ3v) is 3.79. The Labute approximate surface area is 135 Å². The SMILES string of the molecule is CCOc1ccccc1C(=O)OCC(=O)NC1(C#N)CCCC1. The second-order valence-electron chi connectivity index (χ2n) is 5.45. The van der Waals surface area contributed by atoms with Crippen LogP contribution >= 0.6 is 0 Å². The molecular formula is C17H20N2O4. The van der Waals surface area contributed by atoms with Gasteiger partial charge in [-0.1, -0.05) is 12.1 Å². The molecule has 0 saturated heterocycles. The third-order valence-electron chi connectivity index (χ3n) is 3.79. The molecule has 1 aromatic carbocycles. The molecule has 1 aliphatic carbocycles. The predicted octanol–water partition coefficient (Wildman–Crippen LogP) is 2.19. The molecule has 0 aromatic heterocycles. The molecule has 23 heavy (non-hydrogen) atoms. The van der Waals surface area contributed by atoms with E-state index in [0.717, 1.165) is 12.8 Å². The number of hydrogen-bond acceptors (Lipinski definition) is 5. The lowest BCUT2D eigenvalue weighted by Crippen LogP contribution is -2.46. The van der Waals surface area contributed by atoms with Crippen LogP contribution in [0.2, 0.25) is 0 Å². The van der Waals surface area contributed by atoms with Gasteiger partial charge in [-0.2, -0.15) is 5.26 Å². The molecule has 0 aliphatic heterocycles. The maximum atomic E-state index is 12.1. The molecule has 0 atom stereocenters. The Morgan fingerprint density at radius 3 is 2.65 bits per heavy atom. The average molecular weight is 316 g/mol. The number of amides is 1. The quantitative estimate of drug-likeness (QED) is 0.813. The zero-order chi connectivity index (χ0) is 16.7. The fourth-order valence-electron chi connectivity index (χ4n) is 2.67. The van der Waals surface area contributed by atoms with Gasteiger partial charge in [-0.25, -0.2) is 4.79 Å². The Balaban J connectivity index is 1.92. The Morgan fingerprint density at radius 2 is 2.00 bits per heavy atom. The van der Waals surface area contributed by atoms with Crippen LogP contribution in [0.4, 0.5) is 0 Å². The van der Waals surface area contributed by atoms with Crippen molar-refractivity contribution in [3.8, 4) is 11.8 Å². The molecule has 1 aromatic rings. The molecule has 1 amide bonds. The van der Waals surface area contributed by atoms with Crippen LogP contribution in [-0.4, -0.2) is 30.6 Å². The van der Waals surface area contributed by atoms with Gasteiger partial charge in [0, 0.05) is 0 Å². The molecule has 0 spiro atoms. The van der Waals surface area contributed by atoms with E-state index in [1.54, 1.807) is 24.3 Å². The maximum Gasteiger partial charge on any atom is 0.342 e. The van der Waals surface area contributed by atoms with Gasteiger partial charge >= 0.3 is 5.97 Å². The minimum atomic E-state index is -0.813. The van der Waals surface area contributed by atoms with Crippen LogP contribution < -0.4 is 10.1 Å². The number of benzene rings is 1. The fourth-order valence-corrected chi connectivity index (χ4v) is 2.67. The van der Waals surface area contributed by atoms with Gasteiger partial charge < -0.3 is 14.8 Å². The summed E-state index contributed by atoms with van der Waals surface area (Å²) in [6.07, 6.45) is 3.09. The summed E-state index contributed by atoms with van der Waals surface area (Å²) >= 11 is 0. The maximum absolute atomic E-state index is 12.1. The van der Waals surface area contributed by atoms with Crippen LogP contribution in [0.3, 0.4) is 0 Å². The molecule has 0 bridgehead atoms. The van der Waals surface area contributed by atoms with Crippen molar-refractivity contribution in [3.63, 3.8) is 0 Å². The lowest BCUT2D eigenvalue weighted by atomic mass is 10.00. The van der Waals surface area contributed by atoms with E-state index < -0.39 is 24.0 Å². The monoisotopic (exact) mass is 316 g/mol. The third kappa shape index (κ3) is 4.22. The van der Waals surface area contributed by atoms with Crippen LogP contribution in [0.5, 0.6) is 5.75 Å². The number of carbonyl (C=O) groups is 2. The van der Waals surface area contributed by atoms with Gasteiger partial charge in [-0.05, 0) is 44.7 Å². The number of para-hydroxylation sites is 1. The van der Waals surface area contributed by atoms with Crippen LogP contribution in [0.25, 0.3) is 0 Å². The van der Waals surface area contributed by atoms with Crippen LogP contribution in [-0.2, 0) is 9.53 Å². The molecule has 2 rings (SSSR count). The highest BCUT2D eigenvalue weighted by atomic mass is 16.5. The number of nitrogens with zero attached hydrogens (tertiary/aromatic N) is 1. The first-order valence-electron chi connectivity index (χ1n) is 7.71. The smallest absolute Gasteiger partial charge is 0.342 e. The largest absolute Gasteiger partial charge is 0.493 e. The summed E-state index contributed by atoms with van der Waals surface area (Å²) in [6, 6.07) is 8.87. The van der Waals surface area contributed by atoms with Gasteiger partial charge in [0.05, 0.1) is 12.7 Å². The van der Waals surface area contributed by atoms with E-state index in [9.17, 15) is 14.9 Å². The molecule has 122 valence electrons. The highest BCUT2D eigenvalue weighted by Gasteiger charge is 2.35. The van der Waals surface area contributed by atoms with E-state index in [0.29, 0.717) is 25.2 Å². The molecule has 0 unspecified atom stereocenters. The van der Waals surface area contributed by atoms with Crippen LogP contribution in [0, 0.1) is 11.3 Å². The summed E-state index contributed by atoms with van der Waals surface area (Å²) in [5, 5.41) is 11.9. The lowest BCUT2D eigenvalue weighted by Gasteiger charge is -2.21. The highest BCUT2D eigenvalue weighted by molar-refractivity contribution is 5.94. The molecule has 6 nitrogen and oxygen atoms in total. The van der Waals surface area contributed by atoms with Gasteiger partial charge in [0.2, 0.25) is 0 Å². The van der Waals surface area contributed by atoms with E-state index >= 15 is 0 Å². The Hall–Kier alpha value is -2.55. The predicted molar refractivity (Wildman–Crippen MR) is 82.8 cm³/mol. The van der Waals surface area contributed by atoms with E-state index in [1.165, 1.54) is 0 Å². The molecule has 1 aliphatic rings. The van der Waals surface area contributed by atoms with Gasteiger partial charge in [-0.3, -0.25) is 4.79 Å². The molecule has 1 saturated carbocycles. The van der Waals surface area contributed by atoms with E-state index in [-0.39, 0.29) is 5.56 Å². The summed E-state index contributed by atoms with van der Waals surface area (Å²) < 4.78 is 10.4. The van der Waals surface area contributed by atoms with E-state index in [4.69, 9.17) is 9.47 Å². The molecule has 1 fully saturated rings. The average Bonchev–Trinajstić information content (AvgIpc) is 3.02. The summed E-state index contributed by atoms with van der Waals surface area (Å²) in [4.78, 5) is 24.0. The van der Waals surface area contributed by atoms with Crippen LogP contribution in [0.15, 0.2) is 24.3 Å². The second-order valence-corrected chi connectivity index (χ2v) is 5.45. The lowest BCUT2D eigenvalue weighted by molar-refractivity contribution is -0.125. The summed E-state index contributed by atoms with van der Waals surface area (Å²) in [7, 11) is 0. The number of ether oxygens (including phenoxy) is 2. The van der Waals surface area contributed by atoms with Crippen molar-refractivity contribution >= 4 is 11.9 Å². The van der Waals surface area contributed by atoms with Gasteiger partial charge in [0.1, 0.15) is 16.9 Å². The van der Waals surface area contributed by atoms with Crippen molar-refractivity contribution in [1.82, 2.24) is 5.32 Å². The minimum Gasteiger partial charge on any atom is -0.493 e. The van der Waals surface area contributed by atoms with Crippen molar-refractivity contribution in [3.05, 3.63) is 29.8 Å². The molecule has 0 heterocycles. The number of hydrogen-bond donors (Lipinski definition) is 1. The topological polar surface area (TPSA) is 88.4 Å². The van der Waals surface area contributed by atoms with Crippen molar-refractivity contribution < 1.29 is 19.1 Å². The first-order valence-corrected chi connectivity index (χ1v) is 7.71. The van der Waals surface area contributed by atoms with Gasteiger partial charge in [-0.15, -0.1) is 0 Å². The Morgan fingerprint density at radius 1 is 1.30 bits per heavy atom. The standard InChI is InChI=1S/C17H20N2O4/c1-2-22-14-8-4-3-7-13(14)16(21)23-11-15(20)19-17(12-18)9-5-6-10-17/h3-4,7-8H,2,5-6,9-11H2,1H3,(H,19,20). The zero-order valence-electron chi connectivity index (χ0n) is 13.1. The van der Waals surface area contributed by atoms with Gasteiger partial charge in [0.15, 0.2) is 6.61 Å². The van der Waals surface area contributed by atoms with Crippen LogP contribution in [0.1, 0.15) is 43.0 Å². The summed E-state index contributed by atoms with van der Waals surface area (Å²) in [5.41, 5.74) is -0.537. The highest BCUT2D eigenvalue weighted by Crippen LogP contribution is 2.28. The number of nitrogens with one attached hydrogen (secondary N) is 1. The molecule has 6 heteroatoms. The summed E-state index contributed by atoms with van der Waals surface area (Å²) in [6.45, 7) is 1.83. The first kappa shape index (κ1) is 16.8. The van der Waals surface area contributed by atoms with Crippen molar-refractivity contribution in [2.24, 2.45) is 0 Å². The fraction of sp³-hybridized carbons (Fsp3) is 0.471. The van der Waals surface area contributed by atoms with Crippen molar-refractivity contribution in [2.45, 2.75) is 38.1 Å².